The minimum Gasteiger partial charge on any atom is -0.507 e. The van der Waals surface area contributed by atoms with E-state index in [9.17, 15) is 5.11 Å². The molecule has 0 bridgehead atoms. The molecular weight excluding hydrogens is 246 g/mol. The van der Waals surface area contributed by atoms with E-state index < -0.39 is 0 Å². The first-order valence-electron chi connectivity index (χ1n) is 7.36. The molecule has 0 saturated heterocycles. The van der Waals surface area contributed by atoms with Gasteiger partial charge in [0.1, 0.15) is 5.75 Å². The molecule has 0 aliphatic heterocycles. The van der Waals surface area contributed by atoms with E-state index in [1.54, 1.807) is 0 Å². The molecule has 20 heavy (non-hydrogen) atoms. The third-order valence-corrected chi connectivity index (χ3v) is 3.57. The highest BCUT2D eigenvalue weighted by Gasteiger charge is 2.11. The van der Waals surface area contributed by atoms with Crippen LogP contribution in [0.4, 0.5) is 5.69 Å². The highest BCUT2D eigenvalue weighted by atomic mass is 16.3. The van der Waals surface area contributed by atoms with Crippen molar-refractivity contribution in [1.29, 1.82) is 0 Å². The minimum atomic E-state index is 0.376. The lowest BCUT2D eigenvalue weighted by molar-refractivity contribution is 0.476. The van der Waals surface area contributed by atoms with Gasteiger partial charge in [-0.3, -0.25) is 0 Å². The SMILES string of the molecule is C=CCc1c(NCCCCC)cc2ccccc2c1O. The maximum Gasteiger partial charge on any atom is 0.128 e. The summed E-state index contributed by atoms with van der Waals surface area (Å²) in [4.78, 5) is 0. The summed E-state index contributed by atoms with van der Waals surface area (Å²) in [7, 11) is 0. The summed E-state index contributed by atoms with van der Waals surface area (Å²) in [5.74, 6) is 0.376. The number of benzene rings is 2. The molecule has 0 aliphatic carbocycles. The molecule has 106 valence electrons. The van der Waals surface area contributed by atoms with E-state index in [0.717, 1.165) is 35.0 Å². The predicted molar refractivity (Wildman–Crippen MR) is 87.5 cm³/mol. The monoisotopic (exact) mass is 269 g/mol. The molecule has 0 aliphatic rings. The highest BCUT2D eigenvalue weighted by Crippen LogP contribution is 2.35. The van der Waals surface area contributed by atoms with Crippen LogP contribution in [0, 0.1) is 0 Å². The van der Waals surface area contributed by atoms with E-state index in [4.69, 9.17) is 0 Å². The number of anilines is 1. The third-order valence-electron chi connectivity index (χ3n) is 3.57. The van der Waals surface area contributed by atoms with Crippen molar-refractivity contribution in [2.24, 2.45) is 0 Å². The van der Waals surface area contributed by atoms with Crippen molar-refractivity contribution >= 4 is 16.5 Å². The lowest BCUT2D eigenvalue weighted by atomic mass is 10.0. The van der Waals surface area contributed by atoms with E-state index in [2.05, 4.69) is 24.9 Å². The van der Waals surface area contributed by atoms with Crippen molar-refractivity contribution in [3.05, 3.63) is 48.6 Å². The number of hydrogen-bond donors (Lipinski definition) is 2. The van der Waals surface area contributed by atoms with Crippen LogP contribution in [0.1, 0.15) is 31.7 Å². The van der Waals surface area contributed by atoms with Crippen molar-refractivity contribution in [2.75, 3.05) is 11.9 Å². The van der Waals surface area contributed by atoms with Gasteiger partial charge >= 0.3 is 0 Å². The fourth-order valence-corrected chi connectivity index (χ4v) is 2.48. The zero-order valence-electron chi connectivity index (χ0n) is 12.2. The van der Waals surface area contributed by atoms with Crippen LogP contribution in [-0.4, -0.2) is 11.7 Å². The van der Waals surface area contributed by atoms with Crippen molar-refractivity contribution in [2.45, 2.75) is 32.6 Å². The average molecular weight is 269 g/mol. The number of phenolic OH excluding ortho intramolecular Hbond substituents is 1. The first kappa shape index (κ1) is 14.4. The molecule has 2 rings (SSSR count). The molecular formula is C18H23NO. The number of allylic oxidation sites excluding steroid dienone is 1. The Morgan fingerprint density at radius 3 is 2.80 bits per heavy atom. The quantitative estimate of drug-likeness (QED) is 0.555. The largest absolute Gasteiger partial charge is 0.507 e. The van der Waals surface area contributed by atoms with Crippen molar-refractivity contribution < 1.29 is 5.11 Å². The molecule has 2 heteroatoms. The first-order valence-corrected chi connectivity index (χ1v) is 7.36. The summed E-state index contributed by atoms with van der Waals surface area (Å²) in [6.45, 7) is 6.93. The molecule has 0 amide bonds. The van der Waals surface area contributed by atoms with E-state index in [1.807, 2.05) is 30.3 Å². The van der Waals surface area contributed by atoms with Crippen LogP contribution in [0.5, 0.6) is 5.75 Å². The molecule has 2 aromatic rings. The number of nitrogens with one attached hydrogen (secondary N) is 1. The smallest absolute Gasteiger partial charge is 0.128 e. The van der Waals surface area contributed by atoms with Gasteiger partial charge in [-0.1, -0.05) is 50.1 Å². The summed E-state index contributed by atoms with van der Waals surface area (Å²) in [5.41, 5.74) is 1.97. The van der Waals surface area contributed by atoms with Crippen molar-refractivity contribution in [1.82, 2.24) is 0 Å². The van der Waals surface area contributed by atoms with Gasteiger partial charge in [0.05, 0.1) is 0 Å². The van der Waals surface area contributed by atoms with Gasteiger partial charge in [0.2, 0.25) is 0 Å². The van der Waals surface area contributed by atoms with Crippen LogP contribution < -0.4 is 5.32 Å². The van der Waals surface area contributed by atoms with Crippen molar-refractivity contribution in [3.8, 4) is 5.75 Å². The van der Waals surface area contributed by atoms with Crippen LogP contribution in [0.2, 0.25) is 0 Å². The predicted octanol–water partition coefficient (Wildman–Crippen LogP) is 4.88. The summed E-state index contributed by atoms with van der Waals surface area (Å²) in [6, 6.07) is 10.1. The number of phenols is 1. The lowest BCUT2D eigenvalue weighted by Gasteiger charge is -2.15. The van der Waals surface area contributed by atoms with Gasteiger partial charge in [0, 0.05) is 23.2 Å². The van der Waals surface area contributed by atoms with Gasteiger partial charge in [-0.05, 0) is 24.3 Å². The Morgan fingerprint density at radius 2 is 2.05 bits per heavy atom. The Bertz CT molecular complexity index is 589. The second-order valence-corrected chi connectivity index (χ2v) is 5.10. The summed E-state index contributed by atoms with van der Waals surface area (Å²) < 4.78 is 0. The number of aromatic hydroxyl groups is 1. The molecule has 0 radical (unpaired) electrons. The zero-order chi connectivity index (χ0) is 14.4. The molecule has 0 aromatic heterocycles. The van der Waals surface area contributed by atoms with Crippen LogP contribution in [0.3, 0.4) is 0 Å². The Labute approximate surface area is 121 Å². The Kier molecular flexibility index (Phi) is 5.05. The van der Waals surface area contributed by atoms with Crippen molar-refractivity contribution in [3.63, 3.8) is 0 Å². The van der Waals surface area contributed by atoms with E-state index in [-0.39, 0.29) is 0 Å². The number of hydrogen-bond acceptors (Lipinski definition) is 2. The lowest BCUT2D eigenvalue weighted by Crippen LogP contribution is -2.04. The normalized spacial score (nSPS) is 10.7. The Hall–Kier alpha value is -1.96. The molecule has 0 heterocycles. The average Bonchev–Trinajstić information content (AvgIpc) is 2.47. The fraction of sp³-hybridized carbons (Fsp3) is 0.333. The molecule has 0 atom stereocenters. The number of rotatable bonds is 7. The van der Waals surface area contributed by atoms with Crippen LogP contribution in [0.25, 0.3) is 10.8 Å². The first-order chi connectivity index (χ1) is 9.77. The minimum absolute atomic E-state index is 0.376. The fourth-order valence-electron chi connectivity index (χ4n) is 2.48. The summed E-state index contributed by atoms with van der Waals surface area (Å²) in [6.07, 6.45) is 6.10. The molecule has 0 unspecified atom stereocenters. The van der Waals surface area contributed by atoms with Gasteiger partial charge in [-0.2, -0.15) is 0 Å². The van der Waals surface area contributed by atoms with Gasteiger partial charge in [-0.15, -0.1) is 6.58 Å². The Balaban J connectivity index is 2.34. The highest BCUT2D eigenvalue weighted by molar-refractivity contribution is 5.93. The van der Waals surface area contributed by atoms with Crippen LogP contribution >= 0.6 is 0 Å². The van der Waals surface area contributed by atoms with Gasteiger partial charge in [0.15, 0.2) is 0 Å². The molecule has 2 aromatic carbocycles. The van der Waals surface area contributed by atoms with Crippen LogP contribution in [0.15, 0.2) is 43.0 Å². The van der Waals surface area contributed by atoms with Gasteiger partial charge < -0.3 is 10.4 Å². The van der Waals surface area contributed by atoms with Gasteiger partial charge in [-0.25, -0.2) is 0 Å². The zero-order valence-corrected chi connectivity index (χ0v) is 12.2. The summed E-state index contributed by atoms with van der Waals surface area (Å²) >= 11 is 0. The second-order valence-electron chi connectivity index (χ2n) is 5.10. The molecule has 2 nitrogen and oxygen atoms in total. The second kappa shape index (κ2) is 6.99. The summed E-state index contributed by atoms with van der Waals surface area (Å²) in [5, 5.41) is 15.9. The Morgan fingerprint density at radius 1 is 1.25 bits per heavy atom. The molecule has 0 saturated carbocycles. The number of fused-ring (bicyclic) bond motifs is 1. The van der Waals surface area contributed by atoms with Crippen LogP contribution in [-0.2, 0) is 6.42 Å². The molecule has 0 spiro atoms. The van der Waals surface area contributed by atoms with E-state index in [0.29, 0.717) is 12.2 Å². The molecule has 2 N–H and O–H groups in total. The topological polar surface area (TPSA) is 32.3 Å². The van der Waals surface area contributed by atoms with E-state index >= 15 is 0 Å². The van der Waals surface area contributed by atoms with E-state index in [1.165, 1.54) is 12.8 Å². The number of unbranched alkanes of at least 4 members (excludes halogenated alkanes) is 2. The molecule has 0 fully saturated rings. The maximum absolute atomic E-state index is 10.5. The maximum atomic E-state index is 10.5. The van der Waals surface area contributed by atoms with Gasteiger partial charge in [0.25, 0.3) is 0 Å². The third kappa shape index (κ3) is 3.13. The standard InChI is InChI=1S/C18H23NO/c1-3-5-8-12-19-17-13-14-10-6-7-11-15(14)18(20)16(17)9-4-2/h4,6-7,10-11,13,19-20H,2-3,5,8-9,12H2,1H3.